The SMILES string of the molecule is CCCC(C(=O)OCc1ccccc1)P(=O)(O)CCCc1ccccc1. The summed E-state index contributed by atoms with van der Waals surface area (Å²) in [5.41, 5.74) is 1.06. The molecule has 5 heteroatoms. The van der Waals surface area contributed by atoms with E-state index in [1.807, 2.05) is 67.6 Å². The van der Waals surface area contributed by atoms with E-state index in [0.717, 1.165) is 17.5 Å². The maximum Gasteiger partial charge on any atom is 0.319 e. The first-order chi connectivity index (χ1) is 12.5. The predicted molar refractivity (Wildman–Crippen MR) is 104 cm³/mol. The number of esters is 1. The fraction of sp³-hybridized carbons (Fsp3) is 0.381. The molecule has 0 fully saturated rings. The van der Waals surface area contributed by atoms with Crippen LogP contribution in [0, 0.1) is 0 Å². The van der Waals surface area contributed by atoms with Gasteiger partial charge in [-0.3, -0.25) is 9.36 Å². The summed E-state index contributed by atoms with van der Waals surface area (Å²) in [4.78, 5) is 22.9. The molecule has 0 amide bonds. The second-order valence-electron chi connectivity index (χ2n) is 6.47. The third kappa shape index (κ3) is 6.44. The Bertz CT molecular complexity index is 715. The lowest BCUT2D eigenvalue weighted by Crippen LogP contribution is -2.25. The average Bonchev–Trinajstić information content (AvgIpc) is 2.65. The molecule has 0 bridgehead atoms. The number of carbonyl (C=O) groups is 1. The van der Waals surface area contributed by atoms with Crippen molar-refractivity contribution in [3.63, 3.8) is 0 Å². The van der Waals surface area contributed by atoms with Crippen molar-refractivity contribution in [2.75, 3.05) is 6.16 Å². The number of rotatable bonds is 10. The van der Waals surface area contributed by atoms with E-state index in [1.54, 1.807) is 0 Å². The van der Waals surface area contributed by atoms with E-state index in [1.165, 1.54) is 0 Å². The highest BCUT2D eigenvalue weighted by atomic mass is 31.2. The fourth-order valence-electron chi connectivity index (χ4n) is 2.89. The molecule has 1 N–H and O–H groups in total. The van der Waals surface area contributed by atoms with Crippen molar-refractivity contribution >= 4 is 13.3 Å². The Kier molecular flexibility index (Phi) is 8.08. The molecule has 0 saturated carbocycles. The summed E-state index contributed by atoms with van der Waals surface area (Å²) in [5.74, 6) is -0.568. The minimum Gasteiger partial charge on any atom is -0.460 e. The molecule has 2 aromatic carbocycles. The highest BCUT2D eigenvalue weighted by Gasteiger charge is 2.36. The maximum absolute atomic E-state index is 12.8. The zero-order chi connectivity index (χ0) is 18.8. The first kappa shape index (κ1) is 20.4. The number of benzene rings is 2. The van der Waals surface area contributed by atoms with Gasteiger partial charge < -0.3 is 9.63 Å². The number of carbonyl (C=O) groups excluding carboxylic acids is 1. The number of hydrogen-bond acceptors (Lipinski definition) is 3. The Morgan fingerprint density at radius 2 is 1.62 bits per heavy atom. The van der Waals surface area contributed by atoms with Gasteiger partial charge in [-0.25, -0.2) is 0 Å². The lowest BCUT2D eigenvalue weighted by atomic mass is 10.1. The van der Waals surface area contributed by atoms with E-state index < -0.39 is 19.0 Å². The summed E-state index contributed by atoms with van der Waals surface area (Å²) in [7, 11) is -3.61. The van der Waals surface area contributed by atoms with Crippen LogP contribution in [-0.2, 0) is 27.1 Å². The van der Waals surface area contributed by atoms with Gasteiger partial charge in [0, 0.05) is 6.16 Å². The molecule has 0 aliphatic carbocycles. The molecule has 2 aromatic rings. The molecule has 0 saturated heterocycles. The van der Waals surface area contributed by atoms with Crippen LogP contribution >= 0.6 is 7.37 Å². The number of aryl methyl sites for hydroxylation is 1. The summed E-state index contributed by atoms with van der Waals surface area (Å²) in [6.07, 6.45) is 2.46. The van der Waals surface area contributed by atoms with Crippen LogP contribution in [0.4, 0.5) is 0 Å². The topological polar surface area (TPSA) is 63.6 Å². The van der Waals surface area contributed by atoms with E-state index in [9.17, 15) is 14.3 Å². The van der Waals surface area contributed by atoms with E-state index >= 15 is 0 Å². The fourth-order valence-corrected chi connectivity index (χ4v) is 4.88. The molecule has 2 unspecified atom stereocenters. The quantitative estimate of drug-likeness (QED) is 0.479. The highest BCUT2D eigenvalue weighted by Crippen LogP contribution is 2.49. The van der Waals surface area contributed by atoms with Crippen LogP contribution in [0.2, 0.25) is 0 Å². The molecular formula is C21H27O4P. The zero-order valence-electron chi connectivity index (χ0n) is 15.2. The first-order valence-electron chi connectivity index (χ1n) is 9.09. The first-order valence-corrected chi connectivity index (χ1v) is 11.0. The van der Waals surface area contributed by atoms with Crippen LogP contribution in [0.15, 0.2) is 60.7 Å². The van der Waals surface area contributed by atoms with Crippen molar-refractivity contribution in [3.05, 3.63) is 71.8 Å². The molecule has 0 aromatic heterocycles. The normalized spacial score (nSPS) is 14.4. The van der Waals surface area contributed by atoms with Crippen molar-refractivity contribution in [2.24, 2.45) is 0 Å². The average molecular weight is 374 g/mol. The molecule has 2 atom stereocenters. The summed E-state index contributed by atoms with van der Waals surface area (Å²) in [6, 6.07) is 19.2. The van der Waals surface area contributed by atoms with Gasteiger partial charge in [0.2, 0.25) is 7.37 Å². The largest absolute Gasteiger partial charge is 0.460 e. The van der Waals surface area contributed by atoms with Crippen molar-refractivity contribution in [1.29, 1.82) is 0 Å². The maximum atomic E-state index is 12.8. The Labute approximate surface area is 155 Å². The molecule has 4 nitrogen and oxygen atoms in total. The minimum atomic E-state index is -3.61. The van der Waals surface area contributed by atoms with Crippen LogP contribution in [0.25, 0.3) is 0 Å². The van der Waals surface area contributed by atoms with Gasteiger partial charge in [0.1, 0.15) is 12.3 Å². The summed E-state index contributed by atoms with van der Waals surface area (Å²) >= 11 is 0. The van der Waals surface area contributed by atoms with Crippen molar-refractivity contribution in [1.82, 2.24) is 0 Å². The molecule has 0 aliphatic heterocycles. The van der Waals surface area contributed by atoms with Gasteiger partial charge in [0.05, 0.1) is 0 Å². The van der Waals surface area contributed by atoms with Gasteiger partial charge in [-0.1, -0.05) is 74.0 Å². The van der Waals surface area contributed by atoms with Crippen LogP contribution in [0.3, 0.4) is 0 Å². The van der Waals surface area contributed by atoms with Crippen LogP contribution < -0.4 is 0 Å². The summed E-state index contributed by atoms with van der Waals surface area (Å²) in [6.45, 7) is 2.03. The third-order valence-electron chi connectivity index (χ3n) is 4.33. The van der Waals surface area contributed by atoms with Gasteiger partial charge in [-0.2, -0.15) is 0 Å². The van der Waals surface area contributed by atoms with Crippen LogP contribution in [0.5, 0.6) is 0 Å². The molecule has 26 heavy (non-hydrogen) atoms. The zero-order valence-corrected chi connectivity index (χ0v) is 16.1. The van der Waals surface area contributed by atoms with Crippen LogP contribution in [-0.4, -0.2) is 22.7 Å². The van der Waals surface area contributed by atoms with Gasteiger partial charge >= 0.3 is 5.97 Å². The molecule has 0 radical (unpaired) electrons. The van der Waals surface area contributed by atoms with E-state index in [2.05, 4.69) is 0 Å². The summed E-state index contributed by atoms with van der Waals surface area (Å²) in [5, 5.41) is 0. The van der Waals surface area contributed by atoms with Gasteiger partial charge in [-0.05, 0) is 30.4 Å². The van der Waals surface area contributed by atoms with Crippen molar-refractivity contribution in [2.45, 2.75) is 44.9 Å². The highest BCUT2D eigenvalue weighted by molar-refractivity contribution is 7.59. The van der Waals surface area contributed by atoms with E-state index in [4.69, 9.17) is 4.74 Å². The standard InChI is InChI=1S/C21H27O4P/c1-2-10-20(21(22)25-17-19-13-7-4-8-14-19)26(23,24)16-9-15-18-11-5-3-6-12-18/h3-8,11-14,20H,2,9-10,15-17H2,1H3,(H,23,24). The van der Waals surface area contributed by atoms with Gasteiger partial charge in [0.15, 0.2) is 0 Å². The van der Waals surface area contributed by atoms with Crippen molar-refractivity contribution in [3.8, 4) is 0 Å². The Hall–Kier alpha value is -1.90. The summed E-state index contributed by atoms with van der Waals surface area (Å²) < 4.78 is 18.1. The smallest absolute Gasteiger partial charge is 0.319 e. The second-order valence-corrected chi connectivity index (χ2v) is 9.05. The third-order valence-corrected chi connectivity index (χ3v) is 6.73. The Balaban J connectivity index is 1.92. The van der Waals surface area contributed by atoms with Crippen molar-refractivity contribution < 1.29 is 19.0 Å². The lowest BCUT2D eigenvalue weighted by molar-refractivity contribution is -0.144. The molecule has 0 heterocycles. The van der Waals surface area contributed by atoms with Crippen LogP contribution in [0.1, 0.15) is 37.3 Å². The number of ether oxygens (including phenoxy) is 1. The number of hydrogen-bond donors (Lipinski definition) is 1. The molecule has 140 valence electrons. The minimum absolute atomic E-state index is 0.129. The molecular weight excluding hydrogens is 347 g/mol. The Morgan fingerprint density at radius 1 is 1.04 bits per heavy atom. The molecule has 0 aliphatic rings. The van der Waals surface area contributed by atoms with Gasteiger partial charge in [0.25, 0.3) is 0 Å². The van der Waals surface area contributed by atoms with E-state index in [0.29, 0.717) is 19.3 Å². The van der Waals surface area contributed by atoms with Gasteiger partial charge in [-0.15, -0.1) is 0 Å². The molecule has 2 rings (SSSR count). The molecule has 0 spiro atoms. The van der Waals surface area contributed by atoms with E-state index in [-0.39, 0.29) is 12.8 Å². The predicted octanol–water partition coefficient (Wildman–Crippen LogP) is 4.80. The second kappa shape index (κ2) is 10.3. The lowest BCUT2D eigenvalue weighted by Gasteiger charge is -2.21. The monoisotopic (exact) mass is 374 g/mol. The Morgan fingerprint density at radius 3 is 2.19 bits per heavy atom.